The Morgan fingerprint density at radius 2 is 1.28 bits per heavy atom. The summed E-state index contributed by atoms with van der Waals surface area (Å²) in [5.41, 5.74) is 0.932. The van der Waals surface area contributed by atoms with Crippen LogP contribution in [0.2, 0.25) is 0 Å². The lowest BCUT2D eigenvalue weighted by Gasteiger charge is -2.18. The fraction of sp³-hybridized carbons (Fsp3) is 0.263. The van der Waals surface area contributed by atoms with Crippen LogP contribution in [-0.4, -0.2) is 8.42 Å². The van der Waals surface area contributed by atoms with Crippen LogP contribution in [0.3, 0.4) is 0 Å². The molecule has 2 aromatic rings. The second kappa shape index (κ2) is 6.67. The molecule has 6 heteroatoms. The number of halogens is 3. The van der Waals surface area contributed by atoms with Crippen LogP contribution in [0.5, 0.6) is 0 Å². The van der Waals surface area contributed by atoms with E-state index in [1.807, 2.05) is 12.1 Å². The monoisotopic (exact) mass is 368 g/mol. The van der Waals surface area contributed by atoms with Gasteiger partial charge in [-0.15, -0.1) is 0 Å². The Labute approximate surface area is 145 Å². The van der Waals surface area contributed by atoms with Gasteiger partial charge in [0.05, 0.1) is 10.5 Å². The van der Waals surface area contributed by atoms with E-state index in [4.69, 9.17) is 0 Å². The van der Waals surface area contributed by atoms with Gasteiger partial charge in [0.2, 0.25) is 0 Å². The van der Waals surface area contributed by atoms with Gasteiger partial charge < -0.3 is 0 Å². The van der Waals surface area contributed by atoms with E-state index in [1.54, 1.807) is 12.1 Å². The smallest absolute Gasteiger partial charge is 0.219 e. The summed E-state index contributed by atoms with van der Waals surface area (Å²) in [5.74, 6) is 0. The number of hydrogen-bond donors (Lipinski definition) is 0. The van der Waals surface area contributed by atoms with Gasteiger partial charge in [0.25, 0.3) is 0 Å². The molecule has 25 heavy (non-hydrogen) atoms. The number of sulfone groups is 1. The maximum atomic E-state index is 12.5. The lowest BCUT2D eigenvalue weighted by molar-refractivity contribution is -0.137. The molecule has 2 aromatic carbocycles. The van der Waals surface area contributed by atoms with Crippen molar-refractivity contribution in [2.24, 2.45) is 0 Å². The lowest BCUT2D eigenvalue weighted by atomic mass is 9.87. The van der Waals surface area contributed by atoms with E-state index in [-0.39, 0.29) is 10.3 Å². The van der Waals surface area contributed by atoms with Crippen molar-refractivity contribution in [2.75, 3.05) is 0 Å². The highest BCUT2D eigenvalue weighted by Gasteiger charge is 2.30. The topological polar surface area (TPSA) is 34.1 Å². The van der Waals surface area contributed by atoms with Crippen LogP contribution in [0.25, 0.3) is 6.08 Å². The van der Waals surface area contributed by atoms with E-state index in [9.17, 15) is 21.6 Å². The Hall–Kier alpha value is -2.08. The number of benzene rings is 2. The standard InChI is InChI=1S/C19H19F3O2S/c1-18(2,3)15-6-4-14(5-7-15)12-13-25(23,24)17-10-8-16(9-11-17)19(20,21)22/h4-13H,1-3H3. The van der Waals surface area contributed by atoms with Crippen molar-refractivity contribution in [1.29, 1.82) is 0 Å². The van der Waals surface area contributed by atoms with Crippen molar-refractivity contribution in [3.8, 4) is 0 Å². The van der Waals surface area contributed by atoms with E-state index in [2.05, 4.69) is 20.8 Å². The van der Waals surface area contributed by atoms with Gasteiger partial charge in [0, 0.05) is 5.41 Å². The van der Waals surface area contributed by atoms with E-state index < -0.39 is 21.6 Å². The Kier molecular flexibility index (Phi) is 5.14. The molecule has 0 radical (unpaired) electrons. The summed E-state index contributed by atoms with van der Waals surface area (Å²) in [7, 11) is -3.81. The Balaban J connectivity index is 2.22. The quantitative estimate of drug-likeness (QED) is 0.722. The SMILES string of the molecule is CC(C)(C)c1ccc(C=CS(=O)(=O)c2ccc(C(F)(F)F)cc2)cc1. The molecule has 0 aliphatic heterocycles. The van der Waals surface area contributed by atoms with Crippen molar-refractivity contribution in [2.45, 2.75) is 37.3 Å². The summed E-state index contributed by atoms with van der Waals surface area (Å²) in [5, 5.41) is 1.00. The van der Waals surface area contributed by atoms with Crippen LogP contribution >= 0.6 is 0 Å². The molecule has 0 fully saturated rings. The van der Waals surface area contributed by atoms with E-state index in [0.717, 1.165) is 35.2 Å². The van der Waals surface area contributed by atoms with Crippen LogP contribution in [0.4, 0.5) is 13.2 Å². The summed E-state index contributed by atoms with van der Waals surface area (Å²) >= 11 is 0. The molecule has 0 saturated carbocycles. The van der Waals surface area contributed by atoms with Gasteiger partial charge >= 0.3 is 6.18 Å². The largest absolute Gasteiger partial charge is 0.416 e. The average molecular weight is 368 g/mol. The van der Waals surface area contributed by atoms with Gasteiger partial charge in [0.15, 0.2) is 9.84 Å². The predicted molar refractivity (Wildman–Crippen MR) is 92.8 cm³/mol. The minimum Gasteiger partial charge on any atom is -0.219 e. The van der Waals surface area contributed by atoms with E-state index in [1.165, 1.54) is 6.08 Å². The molecular formula is C19H19F3O2S. The van der Waals surface area contributed by atoms with Crippen LogP contribution < -0.4 is 0 Å². The maximum Gasteiger partial charge on any atom is 0.416 e. The van der Waals surface area contributed by atoms with Crippen LogP contribution in [0.15, 0.2) is 58.8 Å². The molecule has 0 unspecified atom stereocenters. The minimum atomic E-state index is -4.49. The third kappa shape index (κ3) is 4.95. The predicted octanol–water partition coefficient (Wildman–Crippen LogP) is 5.45. The highest BCUT2D eigenvalue weighted by Crippen LogP contribution is 2.30. The van der Waals surface area contributed by atoms with Gasteiger partial charge in [-0.1, -0.05) is 45.0 Å². The molecule has 0 aliphatic rings. The van der Waals surface area contributed by atoms with Crippen molar-refractivity contribution in [1.82, 2.24) is 0 Å². The van der Waals surface area contributed by atoms with Crippen molar-refractivity contribution in [3.63, 3.8) is 0 Å². The molecule has 0 aromatic heterocycles. The maximum absolute atomic E-state index is 12.5. The molecule has 134 valence electrons. The average Bonchev–Trinajstić information content (AvgIpc) is 2.52. The molecule has 0 heterocycles. The Morgan fingerprint density at radius 3 is 1.72 bits per heavy atom. The first-order chi connectivity index (χ1) is 11.4. The van der Waals surface area contributed by atoms with Gasteiger partial charge in [-0.25, -0.2) is 8.42 Å². The summed E-state index contributed by atoms with van der Waals surface area (Å²) in [6.45, 7) is 6.23. The zero-order chi connectivity index (χ0) is 18.9. The molecule has 0 amide bonds. The summed E-state index contributed by atoms with van der Waals surface area (Å²) < 4.78 is 62.1. The molecule has 0 saturated heterocycles. The van der Waals surface area contributed by atoms with Gasteiger partial charge in [-0.2, -0.15) is 13.2 Å². The number of hydrogen-bond acceptors (Lipinski definition) is 2. The molecule has 0 aliphatic carbocycles. The van der Waals surface area contributed by atoms with Gasteiger partial charge in [-0.05, 0) is 46.9 Å². The molecule has 0 spiro atoms. The molecule has 0 atom stereocenters. The summed E-state index contributed by atoms with van der Waals surface area (Å²) in [6, 6.07) is 10.9. The fourth-order valence-electron chi connectivity index (χ4n) is 2.17. The van der Waals surface area contributed by atoms with Crippen molar-refractivity contribution < 1.29 is 21.6 Å². The van der Waals surface area contributed by atoms with E-state index >= 15 is 0 Å². The Bertz CT molecular complexity index is 855. The van der Waals surface area contributed by atoms with Crippen molar-refractivity contribution in [3.05, 3.63) is 70.6 Å². The van der Waals surface area contributed by atoms with Crippen LogP contribution in [-0.2, 0) is 21.4 Å². The number of alkyl halides is 3. The fourth-order valence-corrected chi connectivity index (χ4v) is 3.18. The molecule has 2 rings (SSSR count). The molecule has 0 bridgehead atoms. The zero-order valence-corrected chi connectivity index (χ0v) is 14.9. The molecule has 0 N–H and O–H groups in total. The van der Waals surface area contributed by atoms with Gasteiger partial charge in [0.1, 0.15) is 0 Å². The third-order valence-electron chi connectivity index (χ3n) is 3.73. The summed E-state index contributed by atoms with van der Waals surface area (Å²) in [4.78, 5) is -0.178. The number of rotatable bonds is 3. The second-order valence-corrected chi connectivity index (χ2v) is 8.58. The zero-order valence-electron chi connectivity index (χ0n) is 14.1. The highest BCUT2D eigenvalue weighted by molar-refractivity contribution is 7.94. The first-order valence-corrected chi connectivity index (χ1v) is 9.15. The molecule has 2 nitrogen and oxygen atoms in total. The van der Waals surface area contributed by atoms with Crippen molar-refractivity contribution >= 4 is 15.9 Å². The lowest BCUT2D eigenvalue weighted by Crippen LogP contribution is -2.10. The normalized spacial score (nSPS) is 13.4. The highest BCUT2D eigenvalue weighted by atomic mass is 32.2. The summed E-state index contributed by atoms with van der Waals surface area (Å²) in [6.07, 6.45) is -3.06. The van der Waals surface area contributed by atoms with Gasteiger partial charge in [-0.3, -0.25) is 0 Å². The molecular weight excluding hydrogens is 349 g/mol. The minimum absolute atomic E-state index is 0.00541. The first kappa shape index (κ1) is 19.2. The first-order valence-electron chi connectivity index (χ1n) is 7.60. The van der Waals surface area contributed by atoms with Crippen LogP contribution in [0.1, 0.15) is 37.5 Å². The second-order valence-electron chi connectivity index (χ2n) is 6.74. The third-order valence-corrected chi connectivity index (χ3v) is 5.15. The van der Waals surface area contributed by atoms with E-state index in [0.29, 0.717) is 5.56 Å². The Morgan fingerprint density at radius 1 is 0.800 bits per heavy atom. The van der Waals surface area contributed by atoms with Crippen LogP contribution in [0, 0.1) is 0 Å².